The van der Waals surface area contributed by atoms with E-state index in [1.54, 1.807) is 12.0 Å². The minimum absolute atomic E-state index is 0.0237. The van der Waals surface area contributed by atoms with Gasteiger partial charge in [0.15, 0.2) is 0 Å². The molecular weight excluding hydrogens is 410 g/mol. The fourth-order valence-corrected chi connectivity index (χ4v) is 5.45. The number of ether oxygens (including phenoxy) is 2. The molecule has 3 aliphatic rings. The first-order valence-electron chi connectivity index (χ1n) is 11.7. The van der Waals surface area contributed by atoms with Gasteiger partial charge < -0.3 is 29.3 Å². The number of rotatable bonds is 5. The van der Waals surface area contributed by atoms with Gasteiger partial charge >= 0.3 is 6.09 Å². The van der Waals surface area contributed by atoms with E-state index in [0.717, 1.165) is 68.9 Å². The molecule has 2 fully saturated rings. The van der Waals surface area contributed by atoms with E-state index in [1.807, 2.05) is 36.9 Å². The number of piperidine rings is 2. The fraction of sp³-hybridized carbons (Fsp3) is 0.667. The number of carbonyl (C=O) groups excluding carboxylic acids is 2. The van der Waals surface area contributed by atoms with E-state index in [0.29, 0.717) is 12.6 Å². The Morgan fingerprint density at radius 1 is 1.12 bits per heavy atom. The normalized spacial score (nSPS) is 25.2. The summed E-state index contributed by atoms with van der Waals surface area (Å²) in [5, 5.41) is 10.1. The molecule has 0 saturated carbocycles. The number of carbonyl (C=O) groups is 2. The Kier molecular flexibility index (Phi) is 6.62. The van der Waals surface area contributed by atoms with Crippen molar-refractivity contribution in [3.63, 3.8) is 0 Å². The molecule has 1 atom stereocenters. The summed E-state index contributed by atoms with van der Waals surface area (Å²) in [7, 11) is 1.62. The molecule has 1 unspecified atom stereocenters. The van der Waals surface area contributed by atoms with Crippen LogP contribution in [-0.2, 0) is 14.9 Å². The largest absolute Gasteiger partial charge is 0.497 e. The van der Waals surface area contributed by atoms with Crippen molar-refractivity contribution in [2.24, 2.45) is 0 Å². The van der Waals surface area contributed by atoms with Gasteiger partial charge in [-0.3, -0.25) is 4.79 Å². The Hall–Kier alpha value is -2.32. The maximum atomic E-state index is 13.4. The number of fused-ring (bicyclic) bond motifs is 1. The van der Waals surface area contributed by atoms with Gasteiger partial charge in [-0.1, -0.05) is 6.07 Å². The van der Waals surface area contributed by atoms with Crippen LogP contribution in [0.3, 0.4) is 0 Å². The lowest BCUT2D eigenvalue weighted by Gasteiger charge is -2.43. The molecular formula is C24H35N3O5. The van der Waals surface area contributed by atoms with Gasteiger partial charge in [-0.2, -0.15) is 0 Å². The van der Waals surface area contributed by atoms with Gasteiger partial charge in [-0.05, 0) is 51.2 Å². The maximum absolute atomic E-state index is 13.4. The highest BCUT2D eigenvalue weighted by Crippen LogP contribution is 2.45. The molecule has 1 N–H and O–H groups in total. The summed E-state index contributed by atoms with van der Waals surface area (Å²) >= 11 is 0. The Morgan fingerprint density at radius 2 is 1.78 bits per heavy atom. The highest BCUT2D eigenvalue weighted by atomic mass is 16.6. The minimum atomic E-state index is -0.904. The van der Waals surface area contributed by atoms with Crippen LogP contribution in [0.15, 0.2) is 18.2 Å². The lowest BCUT2D eigenvalue weighted by molar-refractivity contribution is -0.124. The Balaban J connectivity index is 1.41. The zero-order valence-corrected chi connectivity index (χ0v) is 19.4. The summed E-state index contributed by atoms with van der Waals surface area (Å²) in [4.78, 5) is 31.6. The molecule has 0 spiro atoms. The van der Waals surface area contributed by atoms with E-state index < -0.39 is 5.41 Å². The highest BCUT2D eigenvalue weighted by molar-refractivity contribution is 6.08. The van der Waals surface area contributed by atoms with Crippen LogP contribution in [-0.4, -0.2) is 85.5 Å². The summed E-state index contributed by atoms with van der Waals surface area (Å²) in [6.45, 7) is 7.17. The number of nitrogens with zero attached hydrogens (tertiary/aromatic N) is 3. The topological polar surface area (TPSA) is 82.6 Å². The average molecular weight is 446 g/mol. The van der Waals surface area contributed by atoms with Crippen LogP contribution in [0.1, 0.15) is 45.1 Å². The molecule has 2 saturated heterocycles. The molecule has 4 rings (SSSR count). The van der Waals surface area contributed by atoms with Gasteiger partial charge in [-0.15, -0.1) is 0 Å². The summed E-state index contributed by atoms with van der Waals surface area (Å²) in [5.41, 5.74) is 0.838. The predicted molar refractivity (Wildman–Crippen MR) is 121 cm³/mol. The van der Waals surface area contributed by atoms with Crippen molar-refractivity contribution < 1.29 is 24.2 Å². The molecule has 176 valence electrons. The number of aliphatic hydroxyl groups excluding tert-OH is 1. The molecule has 0 aromatic heterocycles. The van der Waals surface area contributed by atoms with Crippen molar-refractivity contribution in [3.8, 4) is 5.75 Å². The number of amides is 2. The molecule has 0 aliphatic carbocycles. The fourth-order valence-electron chi connectivity index (χ4n) is 5.45. The summed E-state index contributed by atoms with van der Waals surface area (Å²) in [6, 6.07) is 6.26. The zero-order valence-electron chi connectivity index (χ0n) is 19.4. The second-order valence-electron chi connectivity index (χ2n) is 9.23. The Labute approximate surface area is 190 Å². The average Bonchev–Trinajstić information content (AvgIpc) is 3.06. The molecule has 32 heavy (non-hydrogen) atoms. The number of anilines is 1. The van der Waals surface area contributed by atoms with Crippen LogP contribution >= 0.6 is 0 Å². The van der Waals surface area contributed by atoms with Crippen molar-refractivity contribution in [3.05, 3.63) is 23.8 Å². The second kappa shape index (κ2) is 9.27. The zero-order chi connectivity index (χ0) is 22.9. The number of benzene rings is 1. The van der Waals surface area contributed by atoms with E-state index >= 15 is 0 Å². The van der Waals surface area contributed by atoms with Crippen LogP contribution in [0.2, 0.25) is 0 Å². The van der Waals surface area contributed by atoms with E-state index in [-0.39, 0.29) is 24.6 Å². The minimum Gasteiger partial charge on any atom is -0.497 e. The van der Waals surface area contributed by atoms with E-state index in [9.17, 15) is 14.7 Å². The third kappa shape index (κ3) is 3.94. The number of hydrogen-bond acceptors (Lipinski definition) is 6. The van der Waals surface area contributed by atoms with Crippen LogP contribution in [0.5, 0.6) is 5.75 Å². The van der Waals surface area contributed by atoms with Gasteiger partial charge in [0.05, 0.1) is 31.4 Å². The van der Waals surface area contributed by atoms with Crippen LogP contribution in [0.25, 0.3) is 0 Å². The van der Waals surface area contributed by atoms with E-state index in [2.05, 4.69) is 4.90 Å². The standard InChI is InChI=1S/C24H35N3O5/c1-4-32-23(30)26-13-7-17(8-14-26)25-11-9-18(10-12-25)27-21-15-19(31-3)5-6-20(21)24(2,16-28)22(27)29/h5-6,15,17-18,28H,4,7-14,16H2,1-3H3. The molecule has 3 aliphatic heterocycles. The van der Waals surface area contributed by atoms with Crippen LogP contribution < -0.4 is 9.64 Å². The van der Waals surface area contributed by atoms with Crippen molar-refractivity contribution in [1.82, 2.24) is 9.80 Å². The van der Waals surface area contributed by atoms with E-state index in [1.165, 1.54) is 0 Å². The van der Waals surface area contributed by atoms with Crippen molar-refractivity contribution in [2.75, 3.05) is 51.4 Å². The summed E-state index contributed by atoms with van der Waals surface area (Å²) < 4.78 is 10.5. The highest BCUT2D eigenvalue weighted by Gasteiger charge is 2.49. The SMILES string of the molecule is CCOC(=O)N1CCC(N2CCC(N3C(=O)C(C)(CO)c4ccc(OC)cc43)CC2)CC1. The van der Waals surface area contributed by atoms with Crippen molar-refractivity contribution in [2.45, 2.75) is 57.0 Å². The Bertz CT molecular complexity index is 846. The lowest BCUT2D eigenvalue weighted by Crippen LogP contribution is -2.53. The first-order valence-corrected chi connectivity index (χ1v) is 11.7. The molecule has 1 aromatic carbocycles. The van der Waals surface area contributed by atoms with Gasteiger partial charge in [0.25, 0.3) is 0 Å². The molecule has 1 aromatic rings. The summed E-state index contributed by atoms with van der Waals surface area (Å²) in [6.07, 6.45) is 3.48. The second-order valence-corrected chi connectivity index (χ2v) is 9.23. The third-order valence-electron chi connectivity index (χ3n) is 7.44. The number of aliphatic hydroxyl groups is 1. The molecule has 3 heterocycles. The molecule has 0 bridgehead atoms. The maximum Gasteiger partial charge on any atom is 0.409 e. The number of methoxy groups -OCH3 is 1. The van der Waals surface area contributed by atoms with Crippen LogP contribution in [0, 0.1) is 0 Å². The molecule has 2 amide bonds. The van der Waals surface area contributed by atoms with Crippen molar-refractivity contribution in [1.29, 1.82) is 0 Å². The molecule has 0 radical (unpaired) electrons. The monoisotopic (exact) mass is 445 g/mol. The molecule has 8 nitrogen and oxygen atoms in total. The smallest absolute Gasteiger partial charge is 0.409 e. The Morgan fingerprint density at radius 3 is 2.38 bits per heavy atom. The van der Waals surface area contributed by atoms with Gasteiger partial charge in [0.2, 0.25) is 5.91 Å². The number of likely N-dealkylation sites (tertiary alicyclic amines) is 2. The van der Waals surface area contributed by atoms with Gasteiger partial charge in [0, 0.05) is 44.3 Å². The summed E-state index contributed by atoms with van der Waals surface area (Å²) in [5.74, 6) is 0.694. The quantitative estimate of drug-likeness (QED) is 0.749. The number of hydrogen-bond donors (Lipinski definition) is 1. The van der Waals surface area contributed by atoms with Crippen LogP contribution in [0.4, 0.5) is 10.5 Å². The first-order chi connectivity index (χ1) is 15.4. The lowest BCUT2D eigenvalue weighted by atomic mass is 9.84. The third-order valence-corrected chi connectivity index (χ3v) is 7.44. The predicted octanol–water partition coefficient (Wildman–Crippen LogP) is 2.38. The van der Waals surface area contributed by atoms with E-state index in [4.69, 9.17) is 9.47 Å². The molecule has 8 heteroatoms. The first kappa shape index (κ1) is 22.9. The van der Waals surface area contributed by atoms with Gasteiger partial charge in [-0.25, -0.2) is 4.79 Å². The van der Waals surface area contributed by atoms with Crippen molar-refractivity contribution >= 4 is 17.7 Å². The van der Waals surface area contributed by atoms with Gasteiger partial charge in [0.1, 0.15) is 5.75 Å².